The molecule has 0 spiro atoms. The average Bonchev–Trinajstić information content (AvgIpc) is 2.42. The van der Waals surface area contributed by atoms with Crippen LogP contribution in [0.3, 0.4) is 0 Å². The summed E-state index contributed by atoms with van der Waals surface area (Å²) in [5.41, 5.74) is 8.21. The normalized spacial score (nSPS) is 18.1. The molecule has 1 amide bonds. The second-order valence-electron chi connectivity index (χ2n) is 5.15. The Morgan fingerprint density at radius 1 is 1.45 bits per heavy atom. The molecule has 0 aliphatic carbocycles. The monoisotopic (exact) mass is 298 g/mol. The number of ether oxygens (including phenoxy) is 1. The second-order valence-corrected chi connectivity index (χ2v) is 5.15. The first kappa shape index (κ1) is 16.8. The maximum Gasteiger partial charge on any atom is 0.224 e. The zero-order chi connectivity index (χ0) is 13.7. The molecule has 5 heteroatoms. The number of amides is 1. The van der Waals surface area contributed by atoms with Crippen LogP contribution in [-0.2, 0) is 9.53 Å². The van der Waals surface area contributed by atoms with Gasteiger partial charge in [0, 0.05) is 24.4 Å². The molecular formula is C15H23ClN2O2. The first-order valence-electron chi connectivity index (χ1n) is 6.93. The summed E-state index contributed by atoms with van der Waals surface area (Å²) < 4.78 is 5.62. The summed E-state index contributed by atoms with van der Waals surface area (Å²) in [4.78, 5) is 11.9. The Labute approximate surface area is 126 Å². The number of carbonyl (C=O) groups is 1. The van der Waals surface area contributed by atoms with Crippen molar-refractivity contribution in [1.82, 2.24) is 0 Å². The van der Waals surface area contributed by atoms with Crippen LogP contribution >= 0.6 is 12.4 Å². The van der Waals surface area contributed by atoms with Crippen molar-refractivity contribution in [2.75, 3.05) is 17.7 Å². The number of anilines is 2. The molecule has 0 aromatic heterocycles. The Morgan fingerprint density at radius 2 is 2.25 bits per heavy atom. The third-order valence-corrected chi connectivity index (χ3v) is 3.50. The second kappa shape index (κ2) is 8.12. The number of hydrogen-bond acceptors (Lipinski definition) is 3. The number of aryl methyl sites for hydroxylation is 1. The highest BCUT2D eigenvalue weighted by Crippen LogP contribution is 2.20. The zero-order valence-electron chi connectivity index (χ0n) is 11.9. The molecule has 0 bridgehead atoms. The van der Waals surface area contributed by atoms with Crippen LogP contribution in [0.25, 0.3) is 0 Å². The highest BCUT2D eigenvalue weighted by atomic mass is 35.5. The molecule has 1 aromatic rings. The molecule has 112 valence electrons. The minimum Gasteiger partial charge on any atom is -0.399 e. The van der Waals surface area contributed by atoms with E-state index in [1.807, 2.05) is 19.1 Å². The maximum atomic E-state index is 11.9. The van der Waals surface area contributed by atoms with Crippen molar-refractivity contribution in [1.29, 1.82) is 0 Å². The third kappa shape index (κ3) is 5.02. The number of carbonyl (C=O) groups excluding carboxylic acids is 1. The minimum atomic E-state index is 0. The van der Waals surface area contributed by atoms with Gasteiger partial charge in [-0.3, -0.25) is 4.79 Å². The quantitative estimate of drug-likeness (QED) is 0.838. The first-order chi connectivity index (χ1) is 9.15. The summed E-state index contributed by atoms with van der Waals surface area (Å²) in [6, 6.07) is 5.54. The van der Waals surface area contributed by atoms with E-state index >= 15 is 0 Å². The van der Waals surface area contributed by atoms with Crippen LogP contribution in [0.1, 0.15) is 37.7 Å². The number of rotatable bonds is 4. The molecular weight excluding hydrogens is 276 g/mol. The molecule has 2 rings (SSSR count). The van der Waals surface area contributed by atoms with Gasteiger partial charge < -0.3 is 15.8 Å². The molecule has 1 heterocycles. The summed E-state index contributed by atoms with van der Waals surface area (Å²) >= 11 is 0. The van der Waals surface area contributed by atoms with Crippen LogP contribution in [0, 0.1) is 6.92 Å². The minimum absolute atomic E-state index is 0. The summed E-state index contributed by atoms with van der Waals surface area (Å²) in [6.45, 7) is 2.79. The van der Waals surface area contributed by atoms with Gasteiger partial charge in [0.1, 0.15) is 0 Å². The SMILES string of the molecule is Cc1ccc(N)cc1NC(=O)CCC1CCCCO1.Cl. The van der Waals surface area contributed by atoms with Crippen LogP contribution in [0.2, 0.25) is 0 Å². The van der Waals surface area contributed by atoms with Crippen molar-refractivity contribution in [2.24, 2.45) is 0 Å². The van der Waals surface area contributed by atoms with Crippen LogP contribution in [0.5, 0.6) is 0 Å². The number of nitrogens with one attached hydrogen (secondary N) is 1. The van der Waals surface area contributed by atoms with Crippen LogP contribution in [-0.4, -0.2) is 18.6 Å². The summed E-state index contributed by atoms with van der Waals surface area (Å²) in [6.07, 6.45) is 4.98. The topological polar surface area (TPSA) is 64.3 Å². The van der Waals surface area contributed by atoms with Crippen LogP contribution in [0.4, 0.5) is 11.4 Å². The summed E-state index contributed by atoms with van der Waals surface area (Å²) in [5.74, 6) is 0.0304. The van der Waals surface area contributed by atoms with Gasteiger partial charge in [0.2, 0.25) is 5.91 Å². The predicted octanol–water partition coefficient (Wildman–Crippen LogP) is 3.29. The molecule has 0 radical (unpaired) electrons. The molecule has 1 aliphatic rings. The molecule has 1 saturated heterocycles. The van der Waals surface area contributed by atoms with Gasteiger partial charge in [0.25, 0.3) is 0 Å². The molecule has 1 aliphatic heterocycles. The van der Waals surface area contributed by atoms with Gasteiger partial charge in [-0.15, -0.1) is 12.4 Å². The lowest BCUT2D eigenvalue weighted by molar-refractivity contribution is -0.117. The van der Waals surface area contributed by atoms with Crippen LogP contribution < -0.4 is 11.1 Å². The molecule has 0 saturated carbocycles. The Kier molecular flexibility index (Phi) is 6.82. The van der Waals surface area contributed by atoms with Crippen molar-refractivity contribution < 1.29 is 9.53 Å². The highest BCUT2D eigenvalue weighted by Gasteiger charge is 2.15. The molecule has 20 heavy (non-hydrogen) atoms. The standard InChI is InChI=1S/C15H22N2O2.ClH/c1-11-5-6-12(16)10-14(11)17-15(18)8-7-13-4-2-3-9-19-13;/h5-6,10,13H,2-4,7-9,16H2,1H3,(H,17,18);1H. The van der Waals surface area contributed by atoms with Gasteiger partial charge in [0.05, 0.1) is 6.10 Å². The van der Waals surface area contributed by atoms with Gasteiger partial charge >= 0.3 is 0 Å². The van der Waals surface area contributed by atoms with E-state index in [0.29, 0.717) is 12.1 Å². The Morgan fingerprint density at radius 3 is 2.95 bits per heavy atom. The smallest absolute Gasteiger partial charge is 0.224 e. The fourth-order valence-electron chi connectivity index (χ4n) is 2.31. The van der Waals surface area contributed by atoms with Gasteiger partial charge in [-0.25, -0.2) is 0 Å². The largest absolute Gasteiger partial charge is 0.399 e. The number of nitrogens with two attached hydrogens (primary N) is 1. The lowest BCUT2D eigenvalue weighted by Crippen LogP contribution is -2.22. The summed E-state index contributed by atoms with van der Waals surface area (Å²) in [7, 11) is 0. The zero-order valence-corrected chi connectivity index (χ0v) is 12.7. The number of hydrogen-bond donors (Lipinski definition) is 2. The summed E-state index contributed by atoms with van der Waals surface area (Å²) in [5, 5.41) is 2.92. The van der Waals surface area contributed by atoms with Crippen molar-refractivity contribution in [3.8, 4) is 0 Å². The molecule has 1 aromatic carbocycles. The number of benzene rings is 1. The lowest BCUT2D eigenvalue weighted by Gasteiger charge is -2.22. The molecule has 4 nitrogen and oxygen atoms in total. The van der Waals surface area contributed by atoms with Gasteiger partial charge in [0.15, 0.2) is 0 Å². The van der Waals surface area contributed by atoms with E-state index < -0.39 is 0 Å². The van der Waals surface area contributed by atoms with Crippen molar-refractivity contribution >= 4 is 29.7 Å². The average molecular weight is 299 g/mol. The molecule has 3 N–H and O–H groups in total. The third-order valence-electron chi connectivity index (χ3n) is 3.50. The molecule has 1 unspecified atom stereocenters. The predicted molar refractivity (Wildman–Crippen MR) is 84.3 cm³/mol. The maximum absolute atomic E-state index is 11.9. The van der Waals surface area contributed by atoms with E-state index in [4.69, 9.17) is 10.5 Å². The first-order valence-corrected chi connectivity index (χ1v) is 6.93. The number of halogens is 1. The fourth-order valence-corrected chi connectivity index (χ4v) is 2.31. The molecule has 1 fully saturated rings. The van der Waals surface area contributed by atoms with Crippen molar-refractivity contribution in [3.05, 3.63) is 23.8 Å². The van der Waals surface area contributed by atoms with Gasteiger partial charge in [-0.1, -0.05) is 6.07 Å². The highest BCUT2D eigenvalue weighted by molar-refractivity contribution is 5.92. The van der Waals surface area contributed by atoms with E-state index in [0.717, 1.165) is 37.1 Å². The van der Waals surface area contributed by atoms with E-state index in [-0.39, 0.29) is 24.4 Å². The van der Waals surface area contributed by atoms with Crippen LogP contribution in [0.15, 0.2) is 18.2 Å². The van der Waals surface area contributed by atoms with E-state index in [1.165, 1.54) is 6.42 Å². The Hall–Kier alpha value is -1.26. The fraction of sp³-hybridized carbons (Fsp3) is 0.533. The van der Waals surface area contributed by atoms with Gasteiger partial charge in [-0.2, -0.15) is 0 Å². The van der Waals surface area contributed by atoms with E-state index in [1.54, 1.807) is 6.07 Å². The van der Waals surface area contributed by atoms with E-state index in [9.17, 15) is 4.79 Å². The molecule has 1 atom stereocenters. The van der Waals surface area contributed by atoms with Crippen molar-refractivity contribution in [3.63, 3.8) is 0 Å². The van der Waals surface area contributed by atoms with Gasteiger partial charge in [-0.05, 0) is 50.3 Å². The Bertz CT molecular complexity index is 445. The van der Waals surface area contributed by atoms with E-state index in [2.05, 4.69) is 5.32 Å². The Balaban J connectivity index is 0.00000200. The van der Waals surface area contributed by atoms with Crippen molar-refractivity contribution in [2.45, 2.75) is 45.1 Å². The number of nitrogen functional groups attached to an aromatic ring is 1. The lowest BCUT2D eigenvalue weighted by atomic mass is 10.0.